The highest BCUT2D eigenvalue weighted by Crippen LogP contribution is 2.31. The first-order valence-electron chi connectivity index (χ1n) is 8.68. The van der Waals surface area contributed by atoms with E-state index in [4.69, 9.17) is 4.74 Å². The van der Waals surface area contributed by atoms with Crippen LogP contribution in [0.25, 0.3) is 10.8 Å². The number of rotatable bonds is 3. The number of benzene rings is 2. The molecule has 2 aromatic rings. The summed E-state index contributed by atoms with van der Waals surface area (Å²) >= 11 is 0. The minimum atomic E-state index is -3.80. The van der Waals surface area contributed by atoms with Gasteiger partial charge in [0.25, 0.3) is 10.0 Å². The molecule has 138 valence electrons. The quantitative estimate of drug-likeness (QED) is 0.817. The van der Waals surface area contributed by atoms with E-state index in [0.29, 0.717) is 16.7 Å². The molecule has 1 heterocycles. The highest BCUT2D eigenvalue weighted by Gasteiger charge is 2.31. The third-order valence-corrected chi connectivity index (χ3v) is 6.73. The number of nitrogens with zero attached hydrogens (tertiary/aromatic N) is 1. The lowest BCUT2D eigenvalue weighted by Crippen LogP contribution is -2.27. The van der Waals surface area contributed by atoms with Gasteiger partial charge in [-0.05, 0) is 29.2 Å². The van der Waals surface area contributed by atoms with E-state index in [1.165, 1.54) is 4.31 Å². The number of Topliss-reactive ketones (excluding diaryl/α,β-unsaturated/α-hetero) is 1. The molecule has 2 aliphatic rings. The van der Waals surface area contributed by atoms with Crippen molar-refractivity contribution in [2.24, 2.45) is 5.92 Å². The molecular formula is C21H19NO4S. The Morgan fingerprint density at radius 1 is 1.11 bits per heavy atom. The molecule has 0 aromatic heterocycles. The Kier molecular flexibility index (Phi) is 4.36. The van der Waals surface area contributed by atoms with Crippen molar-refractivity contribution in [3.8, 4) is 0 Å². The first-order chi connectivity index (χ1) is 13.0. The summed E-state index contributed by atoms with van der Waals surface area (Å²) in [6.45, 7) is 0.119. The fourth-order valence-electron chi connectivity index (χ4n) is 3.49. The first kappa shape index (κ1) is 17.5. The van der Waals surface area contributed by atoms with Crippen LogP contribution < -0.4 is 0 Å². The number of carbonyl (C=O) groups excluding carboxylic acids is 1. The van der Waals surface area contributed by atoms with E-state index >= 15 is 0 Å². The molecule has 0 spiro atoms. The lowest BCUT2D eigenvalue weighted by atomic mass is 9.90. The van der Waals surface area contributed by atoms with Crippen LogP contribution in [0.3, 0.4) is 0 Å². The van der Waals surface area contributed by atoms with Crippen LogP contribution in [0.4, 0.5) is 0 Å². The number of sulfonamides is 1. The van der Waals surface area contributed by atoms with Crippen molar-refractivity contribution in [1.82, 2.24) is 4.31 Å². The maximum atomic E-state index is 13.4. The normalized spacial score (nSPS) is 20.0. The molecule has 0 radical (unpaired) electrons. The van der Waals surface area contributed by atoms with Crippen LogP contribution in [0, 0.1) is 5.92 Å². The molecule has 0 fully saturated rings. The van der Waals surface area contributed by atoms with Crippen LogP contribution in [0.1, 0.15) is 6.42 Å². The van der Waals surface area contributed by atoms with Crippen molar-refractivity contribution in [3.63, 3.8) is 0 Å². The SMILES string of the molecule is COC1=CC2=CN(S(=O)(=O)c3cccc4ccccc34)CCC(=O)C2C=C1. The first-order valence-corrected chi connectivity index (χ1v) is 10.1. The van der Waals surface area contributed by atoms with Crippen LogP contribution in [0.5, 0.6) is 0 Å². The predicted molar refractivity (Wildman–Crippen MR) is 103 cm³/mol. The van der Waals surface area contributed by atoms with Gasteiger partial charge in [-0.25, -0.2) is 8.42 Å². The molecule has 6 heteroatoms. The Labute approximate surface area is 158 Å². The molecule has 0 saturated carbocycles. The molecule has 0 saturated heterocycles. The second kappa shape index (κ2) is 6.70. The zero-order valence-corrected chi connectivity index (χ0v) is 15.6. The summed E-state index contributed by atoms with van der Waals surface area (Å²) in [4.78, 5) is 12.7. The standard InChI is InChI=1S/C21H19NO4S/c1-26-17-9-10-18-16(13-17)14-22(12-11-20(18)23)27(24,25)21-8-4-6-15-5-2-3-7-19(15)21/h2-10,13-14,18H,11-12H2,1H3. The van der Waals surface area contributed by atoms with Crippen LogP contribution in [0.2, 0.25) is 0 Å². The van der Waals surface area contributed by atoms with Gasteiger partial charge >= 0.3 is 0 Å². The fraction of sp³-hybridized carbons (Fsp3) is 0.190. The van der Waals surface area contributed by atoms with Crippen LogP contribution in [-0.2, 0) is 19.6 Å². The van der Waals surface area contributed by atoms with E-state index in [1.54, 1.807) is 49.7 Å². The molecule has 27 heavy (non-hydrogen) atoms. The van der Waals surface area contributed by atoms with Gasteiger partial charge in [0.05, 0.1) is 17.9 Å². The fourth-order valence-corrected chi connectivity index (χ4v) is 5.04. The number of methoxy groups -OCH3 is 1. The average Bonchev–Trinajstić information content (AvgIpc) is 2.86. The van der Waals surface area contributed by atoms with Crippen LogP contribution in [-0.4, -0.2) is 32.2 Å². The van der Waals surface area contributed by atoms with Crippen LogP contribution in [0.15, 0.2) is 83.1 Å². The molecule has 1 unspecified atom stereocenters. The second-order valence-electron chi connectivity index (χ2n) is 6.53. The van der Waals surface area contributed by atoms with Gasteiger partial charge in [0.15, 0.2) is 0 Å². The molecule has 1 atom stereocenters. The number of hydrogen-bond donors (Lipinski definition) is 0. The minimum Gasteiger partial charge on any atom is -0.497 e. The van der Waals surface area contributed by atoms with Crippen molar-refractivity contribution >= 4 is 26.6 Å². The van der Waals surface area contributed by atoms with Gasteiger partial charge in [0, 0.05) is 24.6 Å². The van der Waals surface area contributed by atoms with Crippen molar-refractivity contribution in [2.45, 2.75) is 11.3 Å². The number of ketones is 1. The largest absolute Gasteiger partial charge is 0.497 e. The summed E-state index contributed by atoms with van der Waals surface area (Å²) < 4.78 is 33.3. The zero-order valence-electron chi connectivity index (χ0n) is 14.8. The van der Waals surface area contributed by atoms with E-state index in [1.807, 2.05) is 24.3 Å². The van der Waals surface area contributed by atoms with Crippen molar-refractivity contribution in [1.29, 1.82) is 0 Å². The van der Waals surface area contributed by atoms with Crippen molar-refractivity contribution in [3.05, 3.63) is 78.2 Å². The van der Waals surface area contributed by atoms with Crippen LogP contribution >= 0.6 is 0 Å². The summed E-state index contributed by atoms with van der Waals surface area (Å²) in [7, 11) is -2.26. The van der Waals surface area contributed by atoms with Gasteiger partial charge in [-0.15, -0.1) is 0 Å². The van der Waals surface area contributed by atoms with Gasteiger partial charge in [-0.2, -0.15) is 0 Å². The van der Waals surface area contributed by atoms with Gasteiger partial charge < -0.3 is 4.74 Å². The Balaban J connectivity index is 1.83. The molecule has 2 aromatic carbocycles. The summed E-state index contributed by atoms with van der Waals surface area (Å²) in [5.74, 6) is 0.158. The molecule has 0 N–H and O–H groups in total. The third kappa shape index (κ3) is 3.06. The Hall–Kier alpha value is -2.86. The van der Waals surface area contributed by atoms with Gasteiger partial charge in [-0.1, -0.05) is 42.5 Å². The number of hydrogen-bond acceptors (Lipinski definition) is 4. The van der Waals surface area contributed by atoms with Crippen molar-refractivity contribution < 1.29 is 17.9 Å². The molecule has 0 amide bonds. The lowest BCUT2D eigenvalue weighted by molar-refractivity contribution is -0.120. The van der Waals surface area contributed by atoms with Gasteiger partial charge in [0.2, 0.25) is 0 Å². The molecule has 0 bridgehead atoms. The summed E-state index contributed by atoms with van der Waals surface area (Å²) in [5, 5.41) is 1.53. The topological polar surface area (TPSA) is 63.7 Å². The van der Waals surface area contributed by atoms with E-state index in [-0.39, 0.29) is 23.6 Å². The van der Waals surface area contributed by atoms with Gasteiger partial charge in [0.1, 0.15) is 11.5 Å². The predicted octanol–water partition coefficient (Wildman–Crippen LogP) is 3.40. The maximum Gasteiger partial charge on any atom is 0.264 e. The summed E-state index contributed by atoms with van der Waals surface area (Å²) in [6.07, 6.45) is 6.96. The second-order valence-corrected chi connectivity index (χ2v) is 8.39. The summed E-state index contributed by atoms with van der Waals surface area (Å²) in [6, 6.07) is 12.6. The van der Waals surface area contributed by atoms with E-state index < -0.39 is 15.9 Å². The van der Waals surface area contributed by atoms with E-state index in [0.717, 1.165) is 5.39 Å². The zero-order chi connectivity index (χ0) is 19.0. The number of carbonyl (C=O) groups is 1. The maximum absolute atomic E-state index is 13.4. The molecule has 1 aliphatic heterocycles. The van der Waals surface area contributed by atoms with Crippen molar-refractivity contribution in [2.75, 3.05) is 13.7 Å². The Morgan fingerprint density at radius 3 is 2.70 bits per heavy atom. The molecule has 1 aliphatic carbocycles. The van der Waals surface area contributed by atoms with Gasteiger partial charge in [-0.3, -0.25) is 9.10 Å². The monoisotopic (exact) mass is 381 g/mol. The lowest BCUT2D eigenvalue weighted by Gasteiger charge is -2.21. The smallest absolute Gasteiger partial charge is 0.264 e. The minimum absolute atomic E-state index is 0.000442. The number of ether oxygens (including phenoxy) is 1. The molecule has 5 nitrogen and oxygen atoms in total. The molecular weight excluding hydrogens is 362 g/mol. The number of allylic oxidation sites excluding steroid dienone is 4. The Morgan fingerprint density at radius 2 is 1.89 bits per heavy atom. The third-order valence-electron chi connectivity index (χ3n) is 4.91. The highest BCUT2D eigenvalue weighted by molar-refractivity contribution is 7.89. The highest BCUT2D eigenvalue weighted by atomic mass is 32.2. The molecule has 4 rings (SSSR count). The summed E-state index contributed by atoms with van der Waals surface area (Å²) in [5.41, 5.74) is 0.626. The Bertz CT molecular complexity index is 1110. The van der Waals surface area contributed by atoms with E-state index in [2.05, 4.69) is 0 Å². The number of fused-ring (bicyclic) bond motifs is 2. The van der Waals surface area contributed by atoms with E-state index in [9.17, 15) is 13.2 Å². The average molecular weight is 381 g/mol.